The normalized spacial score (nSPS) is 31.5. The zero-order valence-corrected chi connectivity index (χ0v) is 13.2. The summed E-state index contributed by atoms with van der Waals surface area (Å²) in [5.74, 6) is 3.29. The number of ether oxygens (including phenoxy) is 1. The van der Waals surface area contributed by atoms with E-state index in [2.05, 4.69) is 44.3 Å². The van der Waals surface area contributed by atoms with Gasteiger partial charge in [-0.2, -0.15) is 0 Å². The molecule has 0 radical (unpaired) electrons. The Morgan fingerprint density at radius 1 is 1.25 bits per heavy atom. The van der Waals surface area contributed by atoms with E-state index in [-0.39, 0.29) is 0 Å². The highest BCUT2D eigenvalue weighted by molar-refractivity contribution is 5.60. The molecule has 1 aliphatic heterocycles. The molecular formula is C18H27NO. The molecule has 1 heterocycles. The van der Waals surface area contributed by atoms with Crippen LogP contribution >= 0.6 is 0 Å². The topological polar surface area (TPSA) is 21.3 Å². The summed E-state index contributed by atoms with van der Waals surface area (Å²) in [5, 5.41) is 3.59. The van der Waals surface area contributed by atoms with Gasteiger partial charge in [0.1, 0.15) is 5.75 Å². The number of hydrogen-bond donors (Lipinski definition) is 1. The Labute approximate surface area is 122 Å². The third-order valence-electron chi connectivity index (χ3n) is 5.16. The number of methoxy groups -OCH3 is 1. The molecule has 3 unspecified atom stereocenters. The lowest BCUT2D eigenvalue weighted by molar-refractivity contribution is 0.119. The molecule has 0 spiro atoms. The maximum atomic E-state index is 5.41. The smallest absolute Gasteiger partial charge is 0.119 e. The standard InChI is InChI=1S/C18H27NO/c1-12-7-13(10-18(2,3)9-12)16-11-19-17-6-5-14(20-4)8-15(16)17/h5-6,8,12-13,16,19H,7,9-11H2,1-4H3. The average Bonchev–Trinajstić information content (AvgIpc) is 2.78. The summed E-state index contributed by atoms with van der Waals surface area (Å²) in [6, 6.07) is 6.47. The maximum absolute atomic E-state index is 5.41. The lowest BCUT2D eigenvalue weighted by atomic mass is 9.64. The van der Waals surface area contributed by atoms with Gasteiger partial charge in [-0.15, -0.1) is 0 Å². The van der Waals surface area contributed by atoms with Crippen LogP contribution in [0.1, 0.15) is 51.5 Å². The molecule has 0 amide bonds. The SMILES string of the molecule is COc1ccc2c(c1)C(C1CC(C)CC(C)(C)C1)CN2. The lowest BCUT2D eigenvalue weighted by Crippen LogP contribution is -2.31. The Morgan fingerprint density at radius 2 is 2.05 bits per heavy atom. The van der Waals surface area contributed by atoms with Crippen molar-refractivity contribution in [1.82, 2.24) is 0 Å². The van der Waals surface area contributed by atoms with Gasteiger partial charge >= 0.3 is 0 Å². The Kier molecular flexibility index (Phi) is 3.43. The third-order valence-corrected chi connectivity index (χ3v) is 5.16. The molecule has 1 N–H and O–H groups in total. The maximum Gasteiger partial charge on any atom is 0.119 e. The Balaban J connectivity index is 1.86. The number of hydrogen-bond acceptors (Lipinski definition) is 2. The van der Waals surface area contributed by atoms with Gasteiger partial charge in [0.25, 0.3) is 0 Å². The predicted octanol–water partition coefficient (Wildman–Crippen LogP) is 4.67. The van der Waals surface area contributed by atoms with Crippen molar-refractivity contribution in [2.24, 2.45) is 17.3 Å². The first-order chi connectivity index (χ1) is 9.48. The summed E-state index contributed by atoms with van der Waals surface area (Å²) < 4.78 is 5.41. The molecule has 1 aromatic carbocycles. The Morgan fingerprint density at radius 3 is 2.75 bits per heavy atom. The van der Waals surface area contributed by atoms with E-state index in [0.717, 1.165) is 24.1 Å². The summed E-state index contributed by atoms with van der Waals surface area (Å²) in [6.45, 7) is 8.38. The summed E-state index contributed by atoms with van der Waals surface area (Å²) in [6.07, 6.45) is 4.08. The molecule has 0 bridgehead atoms. The highest BCUT2D eigenvalue weighted by Crippen LogP contribution is 2.49. The first kappa shape index (κ1) is 13.8. The molecule has 110 valence electrons. The van der Waals surface area contributed by atoms with Crippen molar-refractivity contribution in [3.63, 3.8) is 0 Å². The van der Waals surface area contributed by atoms with Crippen LogP contribution in [0.15, 0.2) is 18.2 Å². The van der Waals surface area contributed by atoms with E-state index in [1.807, 2.05) is 0 Å². The summed E-state index contributed by atoms with van der Waals surface area (Å²) >= 11 is 0. The van der Waals surface area contributed by atoms with Crippen LogP contribution in [0.4, 0.5) is 5.69 Å². The van der Waals surface area contributed by atoms with E-state index < -0.39 is 0 Å². The van der Waals surface area contributed by atoms with Gasteiger partial charge in [-0.1, -0.05) is 20.8 Å². The van der Waals surface area contributed by atoms with Crippen LogP contribution in [0.3, 0.4) is 0 Å². The van der Waals surface area contributed by atoms with Crippen LogP contribution in [0, 0.1) is 17.3 Å². The number of benzene rings is 1. The van der Waals surface area contributed by atoms with E-state index in [0.29, 0.717) is 11.3 Å². The zero-order valence-electron chi connectivity index (χ0n) is 13.2. The van der Waals surface area contributed by atoms with Gasteiger partial charge in [0.05, 0.1) is 7.11 Å². The fourth-order valence-corrected chi connectivity index (χ4v) is 4.61. The Bertz CT molecular complexity index is 494. The van der Waals surface area contributed by atoms with Crippen molar-refractivity contribution >= 4 is 5.69 Å². The third kappa shape index (κ3) is 2.53. The molecule has 1 saturated carbocycles. The minimum Gasteiger partial charge on any atom is -0.497 e. The summed E-state index contributed by atoms with van der Waals surface area (Å²) in [4.78, 5) is 0. The van der Waals surface area contributed by atoms with Gasteiger partial charge in [0.15, 0.2) is 0 Å². The van der Waals surface area contributed by atoms with Crippen molar-refractivity contribution in [1.29, 1.82) is 0 Å². The highest BCUT2D eigenvalue weighted by Gasteiger charge is 2.38. The predicted molar refractivity (Wildman–Crippen MR) is 84.5 cm³/mol. The summed E-state index contributed by atoms with van der Waals surface area (Å²) in [7, 11) is 1.75. The van der Waals surface area contributed by atoms with E-state index >= 15 is 0 Å². The number of rotatable bonds is 2. The fraction of sp³-hybridized carbons (Fsp3) is 0.667. The molecule has 1 fully saturated rings. The van der Waals surface area contributed by atoms with Crippen molar-refractivity contribution < 1.29 is 4.74 Å². The molecule has 3 atom stereocenters. The Hall–Kier alpha value is -1.18. The van der Waals surface area contributed by atoms with Crippen LogP contribution in [0.2, 0.25) is 0 Å². The van der Waals surface area contributed by atoms with Crippen LogP contribution < -0.4 is 10.1 Å². The van der Waals surface area contributed by atoms with Gasteiger partial charge < -0.3 is 10.1 Å². The first-order valence-electron chi connectivity index (χ1n) is 7.90. The molecule has 2 aliphatic rings. The van der Waals surface area contributed by atoms with E-state index in [1.165, 1.54) is 30.5 Å². The zero-order chi connectivity index (χ0) is 14.3. The number of anilines is 1. The molecule has 2 nitrogen and oxygen atoms in total. The average molecular weight is 273 g/mol. The number of nitrogens with one attached hydrogen (secondary N) is 1. The van der Waals surface area contributed by atoms with Crippen LogP contribution in [-0.4, -0.2) is 13.7 Å². The van der Waals surface area contributed by atoms with Crippen molar-refractivity contribution in [2.75, 3.05) is 19.0 Å². The van der Waals surface area contributed by atoms with E-state index in [9.17, 15) is 0 Å². The highest BCUT2D eigenvalue weighted by atomic mass is 16.5. The molecule has 0 saturated heterocycles. The first-order valence-corrected chi connectivity index (χ1v) is 7.90. The van der Waals surface area contributed by atoms with E-state index in [4.69, 9.17) is 4.74 Å². The van der Waals surface area contributed by atoms with E-state index in [1.54, 1.807) is 7.11 Å². The van der Waals surface area contributed by atoms with Gasteiger partial charge in [-0.3, -0.25) is 0 Å². The van der Waals surface area contributed by atoms with Gasteiger partial charge in [0.2, 0.25) is 0 Å². The largest absolute Gasteiger partial charge is 0.497 e. The van der Waals surface area contributed by atoms with Crippen molar-refractivity contribution in [3.8, 4) is 5.75 Å². The van der Waals surface area contributed by atoms with Crippen LogP contribution in [0.25, 0.3) is 0 Å². The second-order valence-corrected chi connectivity index (χ2v) is 7.61. The molecule has 1 aliphatic carbocycles. The second kappa shape index (κ2) is 4.98. The minimum atomic E-state index is 0.490. The second-order valence-electron chi connectivity index (χ2n) is 7.61. The quantitative estimate of drug-likeness (QED) is 0.845. The van der Waals surface area contributed by atoms with Gasteiger partial charge in [-0.25, -0.2) is 0 Å². The molecule has 3 rings (SSSR count). The van der Waals surface area contributed by atoms with Crippen molar-refractivity contribution in [2.45, 2.75) is 46.0 Å². The van der Waals surface area contributed by atoms with Crippen molar-refractivity contribution in [3.05, 3.63) is 23.8 Å². The van der Waals surface area contributed by atoms with Crippen LogP contribution in [0.5, 0.6) is 5.75 Å². The minimum absolute atomic E-state index is 0.490. The molecule has 1 aromatic rings. The molecule has 0 aromatic heterocycles. The lowest BCUT2D eigenvalue weighted by Gasteiger charge is -2.41. The fourth-order valence-electron chi connectivity index (χ4n) is 4.61. The molecular weight excluding hydrogens is 246 g/mol. The molecule has 20 heavy (non-hydrogen) atoms. The van der Waals surface area contributed by atoms with Gasteiger partial charge in [-0.05, 0) is 60.3 Å². The van der Waals surface area contributed by atoms with Gasteiger partial charge in [0, 0.05) is 18.2 Å². The molecule has 2 heteroatoms. The van der Waals surface area contributed by atoms with Crippen LogP contribution in [-0.2, 0) is 0 Å². The summed E-state index contributed by atoms with van der Waals surface area (Å²) in [5.41, 5.74) is 3.27. The monoisotopic (exact) mass is 273 g/mol. The number of fused-ring (bicyclic) bond motifs is 1.